The molecule has 0 saturated heterocycles. The smallest absolute Gasteiger partial charge is 0.344 e. The lowest BCUT2D eigenvalue weighted by Crippen LogP contribution is -2.32. The summed E-state index contributed by atoms with van der Waals surface area (Å²) in [6.07, 6.45) is 0.866. The molecule has 1 atom stereocenters. The molecule has 0 saturated carbocycles. The maximum absolute atomic E-state index is 13.5. The third kappa shape index (κ3) is 6.37. The van der Waals surface area contributed by atoms with Crippen molar-refractivity contribution in [2.45, 2.75) is 39.5 Å². The second-order valence-electron chi connectivity index (χ2n) is 7.91. The van der Waals surface area contributed by atoms with Crippen molar-refractivity contribution < 1.29 is 18.7 Å². The Bertz CT molecular complexity index is 845. The minimum atomic E-state index is -1.92. The van der Waals surface area contributed by atoms with Gasteiger partial charge in [-0.1, -0.05) is 37.3 Å². The molecule has 0 aromatic heterocycles. The quantitative estimate of drug-likeness (QED) is 0.475. The molecule has 1 N–H and O–H groups in total. The molecule has 1 unspecified atom stereocenters. The lowest BCUT2D eigenvalue weighted by Gasteiger charge is -2.26. The van der Waals surface area contributed by atoms with E-state index < -0.39 is 7.26 Å². The summed E-state index contributed by atoms with van der Waals surface area (Å²) >= 11 is 0. The molecule has 2 rings (SSSR count). The number of ether oxygens (including phenoxy) is 1. The Kier molecular flexibility index (Phi) is 7.92. The van der Waals surface area contributed by atoms with Crippen LogP contribution in [0.25, 0.3) is 0 Å². The van der Waals surface area contributed by atoms with Crippen molar-refractivity contribution in [3.63, 3.8) is 0 Å². The number of benzene rings is 2. The summed E-state index contributed by atoms with van der Waals surface area (Å²) in [5, 5.41) is 2.96. The van der Waals surface area contributed by atoms with Crippen LogP contribution >= 0.6 is 7.26 Å². The third-order valence-corrected chi connectivity index (χ3v) is 8.42. The molecular formula is C23H30FNO3P+. The van der Waals surface area contributed by atoms with Gasteiger partial charge < -0.3 is 10.1 Å². The molecule has 0 fully saturated rings. The van der Waals surface area contributed by atoms with E-state index in [-0.39, 0.29) is 36.1 Å². The van der Waals surface area contributed by atoms with Gasteiger partial charge in [-0.05, 0) is 49.1 Å². The maximum atomic E-state index is 13.5. The number of esters is 1. The first-order chi connectivity index (χ1) is 13.6. The number of anilines is 1. The third-order valence-electron chi connectivity index (χ3n) is 5.06. The molecule has 4 nitrogen and oxygen atoms in total. The van der Waals surface area contributed by atoms with Gasteiger partial charge in [-0.2, -0.15) is 0 Å². The Labute approximate surface area is 173 Å². The van der Waals surface area contributed by atoms with Gasteiger partial charge >= 0.3 is 5.97 Å². The van der Waals surface area contributed by atoms with Crippen molar-refractivity contribution in [1.82, 2.24) is 0 Å². The number of amides is 1. The van der Waals surface area contributed by atoms with E-state index in [2.05, 4.69) is 5.32 Å². The molecule has 0 bridgehead atoms. The number of hydrogen-bond donors (Lipinski definition) is 1. The molecule has 0 aliphatic rings. The van der Waals surface area contributed by atoms with Gasteiger partial charge in [0.1, 0.15) is 18.1 Å². The molecule has 2 aromatic rings. The Hall–Kier alpha value is -2.26. The van der Waals surface area contributed by atoms with Gasteiger partial charge in [0.05, 0.1) is 0 Å². The maximum Gasteiger partial charge on any atom is 0.344 e. The van der Waals surface area contributed by atoms with Gasteiger partial charge in [0, 0.05) is 26.3 Å². The number of aryl methyl sites for hydroxylation is 2. The van der Waals surface area contributed by atoms with E-state index in [0.717, 1.165) is 5.56 Å². The molecule has 0 heterocycles. The summed E-state index contributed by atoms with van der Waals surface area (Å²) in [5.74, 6) is -0.730. The highest BCUT2D eigenvalue weighted by Crippen LogP contribution is 2.57. The summed E-state index contributed by atoms with van der Waals surface area (Å²) in [6.45, 7) is 9.74. The average molecular weight is 418 g/mol. The second kappa shape index (κ2) is 9.98. The van der Waals surface area contributed by atoms with Crippen molar-refractivity contribution >= 4 is 24.8 Å². The molecule has 1 amide bonds. The highest BCUT2D eigenvalue weighted by molar-refractivity contribution is 7.76. The lowest BCUT2D eigenvalue weighted by molar-refractivity contribution is -0.141. The van der Waals surface area contributed by atoms with Gasteiger partial charge in [-0.3, -0.25) is 4.79 Å². The summed E-state index contributed by atoms with van der Waals surface area (Å²) in [4.78, 5) is 25.4. The normalized spacial score (nSPS) is 12.3. The van der Waals surface area contributed by atoms with Gasteiger partial charge in [0.15, 0.2) is 6.16 Å². The van der Waals surface area contributed by atoms with Crippen molar-refractivity contribution in [2.75, 3.05) is 24.8 Å². The largest absolute Gasteiger partial charge is 0.458 e. The van der Waals surface area contributed by atoms with Crippen LogP contribution < -0.4 is 5.32 Å². The first-order valence-corrected chi connectivity index (χ1v) is 12.7. The summed E-state index contributed by atoms with van der Waals surface area (Å²) in [5.41, 5.74) is 2.66. The Morgan fingerprint density at radius 1 is 1.10 bits per heavy atom. The van der Waals surface area contributed by atoms with E-state index in [9.17, 15) is 14.0 Å². The minimum absolute atomic E-state index is 0.125. The minimum Gasteiger partial charge on any atom is -0.458 e. The fraction of sp³-hybridized carbons (Fsp3) is 0.391. The van der Waals surface area contributed by atoms with E-state index in [0.29, 0.717) is 23.2 Å². The molecule has 6 heteroatoms. The zero-order valence-electron chi connectivity index (χ0n) is 17.8. The fourth-order valence-electron chi connectivity index (χ4n) is 3.54. The zero-order valence-corrected chi connectivity index (χ0v) is 18.7. The SMILES string of the molecule is CCC(C(=O)Nc1c(C)cc(F)cc1C)[P+](C)(C)CC(=O)OCc1ccccc1. The van der Waals surface area contributed by atoms with Crippen LogP contribution in [0.4, 0.5) is 10.1 Å². The van der Waals surface area contributed by atoms with Crippen LogP contribution in [0.5, 0.6) is 0 Å². The Morgan fingerprint density at radius 2 is 1.69 bits per heavy atom. The predicted molar refractivity (Wildman–Crippen MR) is 118 cm³/mol. The van der Waals surface area contributed by atoms with Crippen molar-refractivity contribution in [1.29, 1.82) is 0 Å². The number of carbonyl (C=O) groups excluding carboxylic acids is 2. The van der Waals surface area contributed by atoms with E-state index in [4.69, 9.17) is 4.74 Å². The van der Waals surface area contributed by atoms with Crippen molar-refractivity contribution in [3.05, 3.63) is 65.0 Å². The molecule has 156 valence electrons. The van der Waals surface area contributed by atoms with Crippen LogP contribution in [0.2, 0.25) is 0 Å². The van der Waals surface area contributed by atoms with E-state index in [1.807, 2.05) is 50.6 Å². The van der Waals surface area contributed by atoms with Crippen LogP contribution in [0.1, 0.15) is 30.0 Å². The van der Waals surface area contributed by atoms with Gasteiger partial charge in [-0.15, -0.1) is 0 Å². The van der Waals surface area contributed by atoms with Crippen molar-refractivity contribution in [3.8, 4) is 0 Å². The molecule has 2 aromatic carbocycles. The molecule has 0 aliphatic heterocycles. The summed E-state index contributed by atoms with van der Waals surface area (Å²) in [6, 6.07) is 12.3. The second-order valence-corrected chi connectivity index (χ2v) is 12.4. The predicted octanol–water partition coefficient (Wildman–Crippen LogP) is 5.18. The number of rotatable bonds is 8. The first kappa shape index (κ1) is 23.0. The van der Waals surface area contributed by atoms with Crippen LogP contribution in [0.3, 0.4) is 0 Å². The molecular weight excluding hydrogens is 388 g/mol. The monoisotopic (exact) mass is 418 g/mol. The summed E-state index contributed by atoms with van der Waals surface area (Å²) < 4.78 is 19.0. The highest BCUT2D eigenvalue weighted by atomic mass is 31.2. The van der Waals surface area contributed by atoms with E-state index in [1.54, 1.807) is 13.8 Å². The highest BCUT2D eigenvalue weighted by Gasteiger charge is 2.43. The molecule has 29 heavy (non-hydrogen) atoms. The van der Waals surface area contributed by atoms with Gasteiger partial charge in [0.25, 0.3) is 5.91 Å². The molecule has 0 radical (unpaired) electrons. The van der Waals surface area contributed by atoms with Crippen LogP contribution in [0.15, 0.2) is 42.5 Å². The number of hydrogen-bond acceptors (Lipinski definition) is 3. The number of carbonyl (C=O) groups is 2. The van der Waals surface area contributed by atoms with Crippen LogP contribution in [-0.2, 0) is 20.9 Å². The van der Waals surface area contributed by atoms with E-state index in [1.165, 1.54) is 12.1 Å². The Morgan fingerprint density at radius 3 is 2.24 bits per heavy atom. The standard InChI is InChI=1S/C23H29FNO3P/c1-6-20(23(27)25-22-16(2)12-19(24)13-17(22)3)29(4,5)15-21(26)28-14-18-10-8-7-9-11-18/h7-13,20H,6,14-15H2,1-5H3/p+1. The number of nitrogens with one attached hydrogen (secondary N) is 1. The Balaban J connectivity index is 2.04. The zero-order chi connectivity index (χ0) is 21.6. The van der Waals surface area contributed by atoms with Gasteiger partial charge in [-0.25, -0.2) is 9.18 Å². The summed E-state index contributed by atoms with van der Waals surface area (Å²) in [7, 11) is -1.92. The lowest BCUT2D eigenvalue weighted by atomic mass is 10.1. The molecule has 0 aliphatic carbocycles. The van der Waals surface area contributed by atoms with Crippen molar-refractivity contribution in [2.24, 2.45) is 0 Å². The van der Waals surface area contributed by atoms with E-state index >= 15 is 0 Å². The van der Waals surface area contributed by atoms with Gasteiger partial charge in [0.2, 0.25) is 0 Å². The van der Waals surface area contributed by atoms with Crippen LogP contribution in [0, 0.1) is 19.7 Å². The fourth-order valence-corrected chi connectivity index (χ4v) is 6.20. The average Bonchev–Trinajstić information content (AvgIpc) is 2.63. The molecule has 0 spiro atoms. The first-order valence-electron chi connectivity index (χ1n) is 9.74. The topological polar surface area (TPSA) is 55.4 Å². The van der Waals surface area contributed by atoms with Crippen LogP contribution in [-0.4, -0.2) is 37.0 Å². The number of halogens is 1.